The molecule has 0 radical (unpaired) electrons. The second-order valence-electron chi connectivity index (χ2n) is 6.98. The predicted octanol–water partition coefficient (Wildman–Crippen LogP) is 4.74. The molecule has 0 aliphatic heterocycles. The van der Waals surface area contributed by atoms with Crippen molar-refractivity contribution in [3.8, 4) is 34.3 Å². The molecule has 4 rings (SSSR count). The minimum absolute atomic E-state index is 0.196. The van der Waals surface area contributed by atoms with Gasteiger partial charge in [0.15, 0.2) is 0 Å². The highest BCUT2D eigenvalue weighted by Gasteiger charge is 2.11. The number of H-pyrrole nitrogens is 1. The van der Waals surface area contributed by atoms with E-state index in [4.69, 9.17) is 21.1 Å². The van der Waals surface area contributed by atoms with E-state index in [0.717, 1.165) is 34.0 Å². The van der Waals surface area contributed by atoms with Crippen molar-refractivity contribution in [2.24, 2.45) is 0 Å². The number of nitrogens with zero attached hydrogens (tertiary/aromatic N) is 2. The molecule has 0 bridgehead atoms. The molecule has 2 N–H and O–H groups in total. The number of imidazole rings is 1. The van der Waals surface area contributed by atoms with Crippen LogP contribution < -0.4 is 14.8 Å². The van der Waals surface area contributed by atoms with E-state index in [9.17, 15) is 4.79 Å². The predicted molar refractivity (Wildman–Crippen MR) is 123 cm³/mol. The number of ether oxygens (including phenoxy) is 2. The number of benzene rings is 2. The Hall–Kier alpha value is -3.84. The van der Waals surface area contributed by atoms with Crippen molar-refractivity contribution in [3.63, 3.8) is 0 Å². The Labute approximate surface area is 190 Å². The van der Waals surface area contributed by atoms with E-state index in [1.54, 1.807) is 19.4 Å². The van der Waals surface area contributed by atoms with Crippen molar-refractivity contribution in [3.05, 3.63) is 83.1 Å². The molecule has 2 aromatic carbocycles. The molecular formula is C24H21ClN4O3. The number of nitrogens with one attached hydrogen (secondary N) is 2. The molecule has 2 aromatic heterocycles. The highest BCUT2D eigenvalue weighted by Crippen LogP contribution is 2.25. The van der Waals surface area contributed by atoms with Gasteiger partial charge in [-0.25, -0.2) is 9.97 Å². The van der Waals surface area contributed by atoms with Gasteiger partial charge in [-0.2, -0.15) is 0 Å². The zero-order chi connectivity index (χ0) is 22.5. The molecule has 162 valence electrons. The van der Waals surface area contributed by atoms with E-state index >= 15 is 0 Å². The van der Waals surface area contributed by atoms with Crippen molar-refractivity contribution in [1.29, 1.82) is 0 Å². The van der Waals surface area contributed by atoms with E-state index in [0.29, 0.717) is 12.1 Å². The van der Waals surface area contributed by atoms with Gasteiger partial charge >= 0.3 is 0 Å². The summed E-state index contributed by atoms with van der Waals surface area (Å²) in [7, 11) is 3.11. The van der Waals surface area contributed by atoms with E-state index in [1.807, 2.05) is 48.5 Å². The average Bonchev–Trinajstić information content (AvgIpc) is 3.33. The molecule has 0 fully saturated rings. The summed E-state index contributed by atoms with van der Waals surface area (Å²) in [5, 5.41) is 3.09. The number of rotatable bonds is 7. The van der Waals surface area contributed by atoms with Crippen LogP contribution in [0.4, 0.5) is 0 Å². The Morgan fingerprint density at radius 2 is 1.84 bits per heavy atom. The van der Waals surface area contributed by atoms with Gasteiger partial charge in [0, 0.05) is 29.3 Å². The monoisotopic (exact) mass is 448 g/mol. The number of amides is 1. The van der Waals surface area contributed by atoms with Crippen LogP contribution in [0.25, 0.3) is 22.6 Å². The Bertz CT molecular complexity index is 1260. The zero-order valence-corrected chi connectivity index (χ0v) is 18.3. The summed E-state index contributed by atoms with van der Waals surface area (Å²) in [5.41, 5.74) is 4.10. The van der Waals surface area contributed by atoms with Gasteiger partial charge in [-0.15, -0.1) is 0 Å². The number of hydrogen-bond donors (Lipinski definition) is 2. The maximum atomic E-state index is 12.5. The number of carbonyl (C=O) groups excluding carboxylic acids is 1. The van der Waals surface area contributed by atoms with Gasteiger partial charge in [0.25, 0.3) is 5.91 Å². The summed E-state index contributed by atoms with van der Waals surface area (Å²) in [6.45, 7) is 0.346. The molecule has 8 heteroatoms. The van der Waals surface area contributed by atoms with Crippen molar-refractivity contribution in [2.45, 2.75) is 6.54 Å². The first-order valence-corrected chi connectivity index (χ1v) is 10.2. The molecule has 1 amide bonds. The molecule has 7 nitrogen and oxygen atoms in total. The van der Waals surface area contributed by atoms with Crippen LogP contribution in [0, 0.1) is 0 Å². The molecule has 2 heterocycles. The van der Waals surface area contributed by atoms with Crippen LogP contribution in [-0.2, 0) is 6.54 Å². The van der Waals surface area contributed by atoms with Gasteiger partial charge in [0.1, 0.15) is 16.7 Å². The number of hydrogen-bond acceptors (Lipinski definition) is 5. The Balaban J connectivity index is 1.48. The van der Waals surface area contributed by atoms with Crippen molar-refractivity contribution in [1.82, 2.24) is 20.3 Å². The van der Waals surface area contributed by atoms with Crippen LogP contribution in [0.1, 0.15) is 15.9 Å². The minimum atomic E-state index is -0.267. The molecule has 32 heavy (non-hydrogen) atoms. The topological polar surface area (TPSA) is 89.1 Å². The van der Waals surface area contributed by atoms with Crippen LogP contribution in [0.15, 0.2) is 66.9 Å². The Morgan fingerprint density at radius 3 is 2.66 bits per heavy atom. The molecule has 4 aromatic rings. The van der Waals surface area contributed by atoms with Gasteiger partial charge < -0.3 is 19.8 Å². The number of carbonyl (C=O) groups is 1. The Morgan fingerprint density at radius 1 is 1.03 bits per heavy atom. The summed E-state index contributed by atoms with van der Waals surface area (Å²) in [6.07, 6.45) is 1.79. The van der Waals surface area contributed by atoms with E-state index in [-0.39, 0.29) is 16.9 Å². The molecule has 0 unspecified atom stereocenters. The van der Waals surface area contributed by atoms with Gasteiger partial charge in [-0.1, -0.05) is 41.9 Å². The molecule has 0 aliphatic carbocycles. The third kappa shape index (κ3) is 4.90. The Kier molecular flexibility index (Phi) is 6.37. The highest BCUT2D eigenvalue weighted by molar-refractivity contribution is 6.29. The normalized spacial score (nSPS) is 10.6. The van der Waals surface area contributed by atoms with Gasteiger partial charge in [-0.05, 0) is 29.8 Å². The molecule has 0 saturated carbocycles. The zero-order valence-electron chi connectivity index (χ0n) is 17.6. The van der Waals surface area contributed by atoms with Crippen LogP contribution >= 0.6 is 11.6 Å². The fourth-order valence-corrected chi connectivity index (χ4v) is 3.43. The molecule has 0 aliphatic rings. The van der Waals surface area contributed by atoms with Crippen LogP contribution in [0.2, 0.25) is 5.15 Å². The number of halogens is 1. The standard InChI is InChI=1S/C24H21ClN4O3/c1-31-19-8-4-6-16(10-19)20-14-26-23(28-20)17-7-3-5-15(9-17)13-27-24(30)18-11-21(25)29-22(12-18)32-2/h3-12,14H,13H2,1-2H3,(H,26,28)(H,27,30). The van der Waals surface area contributed by atoms with E-state index in [1.165, 1.54) is 13.2 Å². The largest absolute Gasteiger partial charge is 0.497 e. The molecule has 0 saturated heterocycles. The van der Waals surface area contributed by atoms with Crippen molar-refractivity contribution in [2.75, 3.05) is 14.2 Å². The SMILES string of the molecule is COc1cccc(-c2cnc(-c3cccc(CNC(=O)c4cc(Cl)nc(OC)c4)c3)[nH]2)c1. The number of methoxy groups -OCH3 is 2. The van der Waals surface area contributed by atoms with Crippen LogP contribution in [0.5, 0.6) is 11.6 Å². The van der Waals surface area contributed by atoms with Crippen LogP contribution in [0.3, 0.4) is 0 Å². The number of aromatic amines is 1. The third-order valence-corrected chi connectivity index (χ3v) is 5.05. The lowest BCUT2D eigenvalue weighted by atomic mass is 10.1. The molecule has 0 atom stereocenters. The minimum Gasteiger partial charge on any atom is -0.497 e. The smallest absolute Gasteiger partial charge is 0.251 e. The summed E-state index contributed by atoms with van der Waals surface area (Å²) in [5.74, 6) is 1.54. The van der Waals surface area contributed by atoms with Gasteiger partial charge in [-0.3, -0.25) is 4.79 Å². The molecule has 0 spiro atoms. The van der Waals surface area contributed by atoms with Gasteiger partial charge in [0.05, 0.1) is 26.1 Å². The number of pyridine rings is 1. The fourth-order valence-electron chi connectivity index (χ4n) is 3.23. The quantitative estimate of drug-likeness (QED) is 0.398. The second-order valence-corrected chi connectivity index (χ2v) is 7.37. The molecular weight excluding hydrogens is 428 g/mol. The highest BCUT2D eigenvalue weighted by atomic mass is 35.5. The maximum absolute atomic E-state index is 12.5. The van der Waals surface area contributed by atoms with Crippen LogP contribution in [-0.4, -0.2) is 35.1 Å². The summed E-state index contributed by atoms with van der Waals surface area (Å²) >= 11 is 5.95. The van der Waals surface area contributed by atoms with E-state index in [2.05, 4.69) is 20.3 Å². The lowest BCUT2D eigenvalue weighted by Crippen LogP contribution is -2.23. The van der Waals surface area contributed by atoms with Gasteiger partial charge in [0.2, 0.25) is 5.88 Å². The van der Waals surface area contributed by atoms with Crippen molar-refractivity contribution < 1.29 is 14.3 Å². The second kappa shape index (κ2) is 9.53. The third-order valence-electron chi connectivity index (χ3n) is 4.85. The summed E-state index contributed by atoms with van der Waals surface area (Å²) in [4.78, 5) is 24.4. The van der Waals surface area contributed by atoms with Crippen molar-refractivity contribution >= 4 is 17.5 Å². The average molecular weight is 449 g/mol. The van der Waals surface area contributed by atoms with E-state index < -0.39 is 0 Å². The maximum Gasteiger partial charge on any atom is 0.251 e. The first-order valence-electron chi connectivity index (χ1n) is 9.84. The summed E-state index contributed by atoms with van der Waals surface area (Å²) < 4.78 is 10.4. The lowest BCUT2D eigenvalue weighted by Gasteiger charge is -2.08. The lowest BCUT2D eigenvalue weighted by molar-refractivity contribution is 0.0950. The number of aromatic nitrogens is 3. The first kappa shape index (κ1) is 21.4. The first-order chi connectivity index (χ1) is 15.6. The summed E-state index contributed by atoms with van der Waals surface area (Å²) in [6, 6.07) is 18.6. The fraction of sp³-hybridized carbons (Fsp3) is 0.125.